The molecule has 1 aliphatic carbocycles. The lowest BCUT2D eigenvalue weighted by Gasteiger charge is -2.39. The topological polar surface area (TPSA) is 62.2 Å². The molecule has 2 N–H and O–H groups in total. The van der Waals surface area contributed by atoms with E-state index in [1.54, 1.807) is 12.1 Å². The van der Waals surface area contributed by atoms with Gasteiger partial charge in [-0.15, -0.1) is 0 Å². The van der Waals surface area contributed by atoms with Crippen LogP contribution < -0.4 is 5.32 Å². The van der Waals surface area contributed by atoms with E-state index in [9.17, 15) is 4.79 Å². The van der Waals surface area contributed by atoms with Crippen LogP contribution in [0.25, 0.3) is 0 Å². The molecule has 1 aromatic heterocycles. The van der Waals surface area contributed by atoms with Crippen LogP contribution in [-0.2, 0) is 6.42 Å². The van der Waals surface area contributed by atoms with Crippen molar-refractivity contribution in [1.82, 2.24) is 4.98 Å². The molecule has 0 radical (unpaired) electrons. The molecule has 0 aliphatic heterocycles. The summed E-state index contributed by atoms with van der Waals surface area (Å²) < 4.78 is 0. The molecule has 0 bridgehead atoms. The smallest absolute Gasteiger partial charge is 0.335 e. The molecule has 4 nitrogen and oxygen atoms in total. The van der Waals surface area contributed by atoms with Gasteiger partial charge in [-0.05, 0) is 44.7 Å². The summed E-state index contributed by atoms with van der Waals surface area (Å²) in [5.41, 5.74) is 1.22. The zero-order valence-corrected chi connectivity index (χ0v) is 10.3. The van der Waals surface area contributed by atoms with Crippen LogP contribution in [0, 0.1) is 0 Å². The zero-order chi connectivity index (χ0) is 12.5. The average molecular weight is 234 g/mol. The predicted molar refractivity (Wildman–Crippen MR) is 66.5 cm³/mol. The molecule has 0 aromatic carbocycles. The lowest BCUT2D eigenvalue weighted by molar-refractivity contribution is 0.0696. The Morgan fingerprint density at radius 2 is 2.24 bits per heavy atom. The molecular weight excluding hydrogens is 216 g/mol. The van der Waals surface area contributed by atoms with Crippen LogP contribution in [0.1, 0.15) is 49.2 Å². The molecule has 4 heteroatoms. The van der Waals surface area contributed by atoms with Gasteiger partial charge in [0.05, 0.1) is 5.56 Å². The van der Waals surface area contributed by atoms with Crippen molar-refractivity contribution in [2.24, 2.45) is 0 Å². The molecule has 17 heavy (non-hydrogen) atoms. The van der Waals surface area contributed by atoms with Gasteiger partial charge in [-0.2, -0.15) is 0 Å². The van der Waals surface area contributed by atoms with E-state index in [4.69, 9.17) is 5.11 Å². The van der Waals surface area contributed by atoms with E-state index in [0.717, 1.165) is 25.0 Å². The van der Waals surface area contributed by atoms with Gasteiger partial charge in [0, 0.05) is 11.2 Å². The Kier molecular flexibility index (Phi) is 3.05. The van der Waals surface area contributed by atoms with Gasteiger partial charge in [-0.3, -0.25) is 0 Å². The number of carboxylic acids is 1. The Labute approximate surface area is 101 Å². The largest absolute Gasteiger partial charge is 0.478 e. The van der Waals surface area contributed by atoms with Crippen molar-refractivity contribution in [3.63, 3.8) is 0 Å². The van der Waals surface area contributed by atoms with Crippen molar-refractivity contribution in [2.45, 2.75) is 45.1 Å². The van der Waals surface area contributed by atoms with Gasteiger partial charge >= 0.3 is 5.97 Å². The third-order valence-electron chi connectivity index (χ3n) is 3.37. The number of nitrogens with one attached hydrogen (secondary N) is 1. The Hall–Kier alpha value is -1.58. The average Bonchev–Trinajstić information content (AvgIpc) is 2.26. The van der Waals surface area contributed by atoms with Gasteiger partial charge < -0.3 is 10.4 Å². The summed E-state index contributed by atoms with van der Waals surface area (Å²) in [6.45, 7) is 4.13. The van der Waals surface area contributed by atoms with Crippen LogP contribution in [0.4, 0.5) is 5.82 Å². The number of aromatic nitrogens is 1. The number of anilines is 1. The number of hydrogen-bond donors (Lipinski definition) is 2. The number of pyridine rings is 1. The second-order valence-corrected chi connectivity index (χ2v) is 4.93. The van der Waals surface area contributed by atoms with Gasteiger partial charge in [0.2, 0.25) is 0 Å². The van der Waals surface area contributed by atoms with E-state index in [2.05, 4.69) is 17.2 Å². The molecule has 0 amide bonds. The highest BCUT2D eigenvalue weighted by molar-refractivity contribution is 5.88. The molecule has 1 aliphatic rings. The second kappa shape index (κ2) is 4.35. The van der Waals surface area contributed by atoms with Gasteiger partial charge in [0.15, 0.2) is 0 Å². The first-order valence-corrected chi connectivity index (χ1v) is 6.05. The third kappa shape index (κ3) is 2.57. The lowest BCUT2D eigenvalue weighted by atomic mass is 9.78. The molecule has 2 rings (SSSR count). The standard InChI is InChI=1S/C13H18N2O2/c1-3-10-7-9(12(16)17)8-11(14-10)15-13(2)5-4-6-13/h7-8H,3-6H2,1-2H3,(H,14,15)(H,16,17). The minimum Gasteiger partial charge on any atom is -0.478 e. The van der Waals surface area contributed by atoms with E-state index < -0.39 is 5.97 Å². The van der Waals surface area contributed by atoms with Crippen LogP contribution in [0.5, 0.6) is 0 Å². The maximum absolute atomic E-state index is 11.0. The fraction of sp³-hybridized carbons (Fsp3) is 0.538. The molecule has 92 valence electrons. The van der Waals surface area contributed by atoms with Crippen molar-refractivity contribution in [1.29, 1.82) is 0 Å². The van der Waals surface area contributed by atoms with Gasteiger partial charge in [-0.25, -0.2) is 9.78 Å². The third-order valence-corrected chi connectivity index (χ3v) is 3.37. The zero-order valence-electron chi connectivity index (χ0n) is 10.3. The minimum atomic E-state index is -0.899. The second-order valence-electron chi connectivity index (χ2n) is 4.93. The maximum atomic E-state index is 11.0. The Morgan fingerprint density at radius 3 is 2.71 bits per heavy atom. The van der Waals surface area contributed by atoms with Crippen molar-refractivity contribution in [3.8, 4) is 0 Å². The molecule has 0 atom stereocenters. The number of aryl methyl sites for hydroxylation is 1. The SMILES string of the molecule is CCc1cc(C(=O)O)cc(NC2(C)CCC2)n1. The van der Waals surface area contributed by atoms with Crippen LogP contribution >= 0.6 is 0 Å². The molecule has 1 fully saturated rings. The minimum absolute atomic E-state index is 0.0924. The van der Waals surface area contributed by atoms with Gasteiger partial charge in [-0.1, -0.05) is 6.92 Å². The molecule has 1 heterocycles. The highest BCUT2D eigenvalue weighted by Gasteiger charge is 2.31. The summed E-state index contributed by atoms with van der Waals surface area (Å²) in [6.07, 6.45) is 4.20. The molecule has 1 aromatic rings. The van der Waals surface area contributed by atoms with E-state index in [1.165, 1.54) is 6.42 Å². The normalized spacial score (nSPS) is 17.3. The fourth-order valence-electron chi connectivity index (χ4n) is 2.10. The summed E-state index contributed by atoms with van der Waals surface area (Å²) in [5.74, 6) is -0.215. The number of rotatable bonds is 4. The van der Waals surface area contributed by atoms with Gasteiger partial charge in [0.25, 0.3) is 0 Å². The first-order chi connectivity index (χ1) is 8.02. The first kappa shape index (κ1) is 11.9. The lowest BCUT2D eigenvalue weighted by Crippen LogP contribution is -2.42. The fourth-order valence-corrected chi connectivity index (χ4v) is 2.10. The summed E-state index contributed by atoms with van der Waals surface area (Å²) in [5, 5.41) is 12.4. The highest BCUT2D eigenvalue weighted by atomic mass is 16.4. The van der Waals surface area contributed by atoms with E-state index >= 15 is 0 Å². The molecule has 0 unspecified atom stereocenters. The van der Waals surface area contributed by atoms with E-state index in [1.807, 2.05) is 6.92 Å². The van der Waals surface area contributed by atoms with E-state index in [-0.39, 0.29) is 5.54 Å². The van der Waals surface area contributed by atoms with E-state index in [0.29, 0.717) is 11.4 Å². The van der Waals surface area contributed by atoms with Crippen molar-refractivity contribution in [2.75, 3.05) is 5.32 Å². The summed E-state index contributed by atoms with van der Waals surface area (Å²) in [7, 11) is 0. The van der Waals surface area contributed by atoms with Gasteiger partial charge in [0.1, 0.15) is 5.82 Å². The summed E-state index contributed by atoms with van der Waals surface area (Å²) in [6, 6.07) is 3.25. The summed E-state index contributed by atoms with van der Waals surface area (Å²) in [4.78, 5) is 15.4. The van der Waals surface area contributed by atoms with Crippen LogP contribution in [-0.4, -0.2) is 21.6 Å². The maximum Gasteiger partial charge on any atom is 0.335 e. The quantitative estimate of drug-likeness (QED) is 0.840. The number of aromatic carboxylic acids is 1. The van der Waals surface area contributed by atoms with Crippen molar-refractivity contribution >= 4 is 11.8 Å². The predicted octanol–water partition coefficient (Wildman–Crippen LogP) is 2.70. The molecular formula is C13H18N2O2. The first-order valence-electron chi connectivity index (χ1n) is 6.05. The molecule has 1 saturated carbocycles. The van der Waals surface area contributed by atoms with Crippen LogP contribution in [0.15, 0.2) is 12.1 Å². The highest BCUT2D eigenvalue weighted by Crippen LogP contribution is 2.34. The number of carboxylic acid groups (broad SMARTS) is 1. The van der Waals surface area contributed by atoms with Crippen LogP contribution in [0.2, 0.25) is 0 Å². The Bertz CT molecular complexity index is 439. The monoisotopic (exact) mass is 234 g/mol. The van der Waals surface area contributed by atoms with Crippen molar-refractivity contribution < 1.29 is 9.90 Å². The summed E-state index contributed by atoms with van der Waals surface area (Å²) >= 11 is 0. The number of carbonyl (C=O) groups is 1. The Balaban J connectivity index is 2.26. The van der Waals surface area contributed by atoms with Crippen molar-refractivity contribution in [3.05, 3.63) is 23.4 Å². The number of hydrogen-bond acceptors (Lipinski definition) is 3. The van der Waals surface area contributed by atoms with Crippen LogP contribution in [0.3, 0.4) is 0 Å². The Morgan fingerprint density at radius 1 is 1.53 bits per heavy atom. The molecule has 0 spiro atoms. The molecule has 0 saturated heterocycles. The number of nitrogens with zero attached hydrogens (tertiary/aromatic N) is 1.